The minimum atomic E-state index is -0.739. The van der Waals surface area contributed by atoms with E-state index in [1.165, 1.54) is 0 Å². The van der Waals surface area contributed by atoms with Gasteiger partial charge in [0, 0.05) is 18.8 Å². The number of carbonyl (C=O) groups is 2. The Balaban J connectivity index is 1.47. The van der Waals surface area contributed by atoms with Crippen LogP contribution in [0.15, 0.2) is 23.0 Å². The highest BCUT2D eigenvalue weighted by molar-refractivity contribution is 5.96. The second-order valence-corrected chi connectivity index (χ2v) is 7.48. The summed E-state index contributed by atoms with van der Waals surface area (Å²) in [4.78, 5) is 43.1. The van der Waals surface area contributed by atoms with E-state index in [2.05, 4.69) is 15.3 Å². The Morgan fingerprint density at radius 3 is 2.85 bits per heavy atom. The zero-order valence-corrected chi connectivity index (χ0v) is 14.5. The van der Waals surface area contributed by atoms with Crippen molar-refractivity contribution in [1.29, 1.82) is 0 Å². The molecule has 2 aliphatic rings. The average Bonchev–Trinajstić information content (AvgIpc) is 3.24. The highest BCUT2D eigenvalue weighted by atomic mass is 16.4. The maximum Gasteiger partial charge on any atom is 0.323 e. The number of fused-ring (bicyclic) bond motifs is 2. The number of hydrogen-bond donors (Lipinski definition) is 4. The lowest BCUT2D eigenvalue weighted by atomic mass is 9.81. The summed E-state index contributed by atoms with van der Waals surface area (Å²) in [5, 5.41) is 12.6. The van der Waals surface area contributed by atoms with E-state index in [4.69, 9.17) is 0 Å². The van der Waals surface area contributed by atoms with E-state index in [0.29, 0.717) is 36.2 Å². The highest BCUT2D eigenvalue weighted by Gasteiger charge is 2.55. The van der Waals surface area contributed by atoms with Gasteiger partial charge in [-0.2, -0.15) is 0 Å². The standard InChI is InChI=1S/C18H22N4O4/c1-10(22-8-11-3-2-6-18(11,9-22)16(24)25)15(23)19-12-4-5-13-14(7-12)21-17(26)20-13/h4-5,7,10-11H,2-3,6,8-9H2,1H3,(H,19,23)(H,24,25)(H2,20,21,26)/t10?,11-,18+/m0/s1. The fourth-order valence-electron chi connectivity index (χ4n) is 4.50. The monoisotopic (exact) mass is 358 g/mol. The third-order valence-electron chi connectivity index (χ3n) is 6.03. The first-order valence-corrected chi connectivity index (χ1v) is 8.89. The molecule has 4 N–H and O–H groups in total. The summed E-state index contributed by atoms with van der Waals surface area (Å²) in [6, 6.07) is 4.74. The molecule has 4 rings (SSSR count). The number of anilines is 1. The van der Waals surface area contributed by atoms with Crippen LogP contribution in [0.3, 0.4) is 0 Å². The summed E-state index contributed by atoms with van der Waals surface area (Å²) in [5.74, 6) is -0.795. The first-order chi connectivity index (χ1) is 12.4. The van der Waals surface area contributed by atoms with Crippen molar-refractivity contribution in [2.75, 3.05) is 18.4 Å². The Bertz CT molecular complexity index is 933. The van der Waals surface area contributed by atoms with E-state index in [-0.39, 0.29) is 17.5 Å². The maximum atomic E-state index is 12.7. The molecule has 0 spiro atoms. The average molecular weight is 358 g/mol. The number of nitrogens with zero attached hydrogens (tertiary/aromatic N) is 1. The number of carbonyl (C=O) groups excluding carboxylic acids is 1. The van der Waals surface area contributed by atoms with E-state index in [1.807, 2.05) is 11.8 Å². The van der Waals surface area contributed by atoms with Crippen molar-refractivity contribution >= 4 is 28.6 Å². The molecule has 138 valence electrons. The van der Waals surface area contributed by atoms with Crippen molar-refractivity contribution in [3.05, 3.63) is 28.7 Å². The number of carboxylic acids is 1. The normalized spacial score (nSPS) is 26.7. The van der Waals surface area contributed by atoms with Crippen LogP contribution in [0.1, 0.15) is 26.2 Å². The fraction of sp³-hybridized carbons (Fsp3) is 0.500. The predicted molar refractivity (Wildman–Crippen MR) is 96.0 cm³/mol. The lowest BCUT2D eigenvalue weighted by Gasteiger charge is -2.26. The zero-order valence-electron chi connectivity index (χ0n) is 14.5. The number of aliphatic carboxylic acids is 1. The predicted octanol–water partition coefficient (Wildman–Crippen LogP) is 1.37. The molecule has 0 radical (unpaired) electrons. The van der Waals surface area contributed by atoms with E-state index < -0.39 is 17.4 Å². The van der Waals surface area contributed by atoms with Gasteiger partial charge in [-0.05, 0) is 43.9 Å². The number of aromatic amines is 2. The lowest BCUT2D eigenvalue weighted by molar-refractivity contribution is -0.149. The molecule has 1 saturated heterocycles. The van der Waals surface area contributed by atoms with E-state index in [1.54, 1.807) is 18.2 Å². The van der Waals surface area contributed by atoms with Crippen molar-refractivity contribution < 1.29 is 14.7 Å². The SMILES string of the molecule is CC(C(=O)Nc1ccc2[nH]c(=O)[nH]c2c1)N1C[C@@H]2CCC[C@@]2(C(=O)O)C1. The minimum Gasteiger partial charge on any atom is -0.481 e. The van der Waals surface area contributed by atoms with Gasteiger partial charge in [0.05, 0.1) is 22.5 Å². The molecule has 1 aromatic carbocycles. The van der Waals surface area contributed by atoms with Crippen molar-refractivity contribution in [3.8, 4) is 0 Å². The molecule has 3 atom stereocenters. The van der Waals surface area contributed by atoms with Gasteiger partial charge >= 0.3 is 11.7 Å². The number of aromatic nitrogens is 2. The Labute approximate surface area is 149 Å². The first-order valence-electron chi connectivity index (χ1n) is 8.89. The molecule has 2 fully saturated rings. The van der Waals surface area contributed by atoms with E-state index in [9.17, 15) is 19.5 Å². The van der Waals surface area contributed by atoms with Crippen molar-refractivity contribution in [3.63, 3.8) is 0 Å². The number of nitrogens with one attached hydrogen (secondary N) is 3. The summed E-state index contributed by atoms with van der Waals surface area (Å²) in [7, 11) is 0. The molecule has 1 saturated carbocycles. The number of H-pyrrole nitrogens is 2. The van der Waals surface area contributed by atoms with Crippen LogP contribution in [-0.2, 0) is 9.59 Å². The van der Waals surface area contributed by atoms with Gasteiger partial charge < -0.3 is 20.4 Å². The smallest absolute Gasteiger partial charge is 0.323 e. The quantitative estimate of drug-likeness (QED) is 0.658. The third-order valence-corrected chi connectivity index (χ3v) is 6.03. The number of rotatable bonds is 4. The fourth-order valence-corrected chi connectivity index (χ4v) is 4.50. The first kappa shape index (κ1) is 16.8. The van der Waals surface area contributed by atoms with Crippen LogP contribution in [0.4, 0.5) is 5.69 Å². The van der Waals surface area contributed by atoms with Gasteiger partial charge in [-0.15, -0.1) is 0 Å². The van der Waals surface area contributed by atoms with E-state index >= 15 is 0 Å². The van der Waals surface area contributed by atoms with Crippen LogP contribution in [-0.4, -0.2) is 51.0 Å². The summed E-state index contributed by atoms with van der Waals surface area (Å²) in [6.45, 7) is 2.87. The molecule has 8 heteroatoms. The molecule has 1 unspecified atom stereocenters. The Morgan fingerprint density at radius 1 is 1.35 bits per heavy atom. The number of carboxylic acid groups (broad SMARTS) is 1. The molecular formula is C18H22N4O4. The third kappa shape index (κ3) is 2.61. The number of benzene rings is 1. The summed E-state index contributed by atoms with van der Waals surface area (Å²) >= 11 is 0. The van der Waals surface area contributed by atoms with Crippen LogP contribution in [0.2, 0.25) is 0 Å². The minimum absolute atomic E-state index is 0.122. The molecule has 0 bridgehead atoms. The number of imidazole rings is 1. The van der Waals surface area contributed by atoms with Gasteiger partial charge in [-0.25, -0.2) is 4.79 Å². The van der Waals surface area contributed by atoms with Gasteiger partial charge in [0.25, 0.3) is 0 Å². The van der Waals surface area contributed by atoms with Crippen LogP contribution >= 0.6 is 0 Å². The topological polar surface area (TPSA) is 118 Å². The van der Waals surface area contributed by atoms with Crippen molar-refractivity contribution in [2.45, 2.75) is 32.2 Å². The largest absolute Gasteiger partial charge is 0.481 e. The Morgan fingerprint density at radius 2 is 2.12 bits per heavy atom. The lowest BCUT2D eigenvalue weighted by Crippen LogP contribution is -2.43. The molecular weight excluding hydrogens is 336 g/mol. The highest BCUT2D eigenvalue weighted by Crippen LogP contribution is 2.49. The van der Waals surface area contributed by atoms with Gasteiger partial charge in [-0.3, -0.25) is 14.5 Å². The molecule has 8 nitrogen and oxygen atoms in total. The molecule has 26 heavy (non-hydrogen) atoms. The number of hydrogen-bond acceptors (Lipinski definition) is 4. The van der Waals surface area contributed by atoms with E-state index in [0.717, 1.165) is 12.8 Å². The molecule has 1 aliphatic heterocycles. The second-order valence-electron chi connectivity index (χ2n) is 7.48. The Hall–Kier alpha value is -2.61. The van der Waals surface area contributed by atoms with Crippen molar-refractivity contribution in [2.24, 2.45) is 11.3 Å². The second kappa shape index (κ2) is 5.98. The molecule has 2 aromatic rings. The van der Waals surface area contributed by atoms with Gasteiger partial charge in [0.15, 0.2) is 0 Å². The molecule has 1 amide bonds. The van der Waals surface area contributed by atoms with Crippen LogP contribution in [0.25, 0.3) is 11.0 Å². The van der Waals surface area contributed by atoms with Gasteiger partial charge in [0.2, 0.25) is 5.91 Å². The molecule has 2 heterocycles. The molecule has 1 aromatic heterocycles. The summed E-state index contributed by atoms with van der Waals surface area (Å²) in [5.41, 5.74) is 0.909. The summed E-state index contributed by atoms with van der Waals surface area (Å²) in [6.07, 6.45) is 2.55. The molecule has 1 aliphatic carbocycles. The van der Waals surface area contributed by atoms with Gasteiger partial charge in [-0.1, -0.05) is 6.42 Å². The maximum absolute atomic E-state index is 12.7. The Kier molecular flexibility index (Phi) is 3.87. The van der Waals surface area contributed by atoms with Gasteiger partial charge in [0.1, 0.15) is 0 Å². The van der Waals surface area contributed by atoms with Crippen LogP contribution in [0.5, 0.6) is 0 Å². The number of amides is 1. The van der Waals surface area contributed by atoms with Crippen LogP contribution in [0, 0.1) is 11.3 Å². The number of likely N-dealkylation sites (tertiary alicyclic amines) is 1. The zero-order chi connectivity index (χ0) is 18.5. The summed E-state index contributed by atoms with van der Waals surface area (Å²) < 4.78 is 0. The van der Waals surface area contributed by atoms with Crippen molar-refractivity contribution in [1.82, 2.24) is 14.9 Å². The van der Waals surface area contributed by atoms with Crippen LogP contribution < -0.4 is 11.0 Å².